The Morgan fingerprint density at radius 2 is 1.18 bits per heavy atom. The minimum Gasteiger partial charge on any atom is -0.344 e. The molecule has 406 valence electrons. The van der Waals surface area contributed by atoms with Gasteiger partial charge in [-0.25, -0.2) is 0 Å². The third-order valence-electron chi connectivity index (χ3n) is 12.2. The standard InChI is InChI=1S/C43H57N.C7H16.C6H14.C3H6.C3H4.3C2H6.CH5N/c1-10-12-13-21-31-44-38-30-28-32(3)36(22-11-2)41(38)43(8,9)39(44)26-18-16-14-15-17-23-34(5)42(6,7)40-33(4)27-29-35-24-19-20-25-37(35)40;1-3-5-7-6-4-2;1-3-5-6-4-2;2*1-3-2;4*1-2/h14-18,22-30,34H,3,10-13,19-21,31H2,1-2,4-9H3;3-7H2,1-2H3;3-6H2,1-2H3;3H,1H2,2H3;1H,2H3;3*1-2H3;2H2,1H3/b15-14+,18-16+,23-17+,36-22+,39-26-;;;;;;;;. The molecule has 1 aliphatic heterocycles. The molecule has 2 aliphatic rings. The number of aryl methyl sites for hydroxylation is 1. The number of rotatable bonds is 19. The second-order valence-corrected chi connectivity index (χ2v) is 18.4. The summed E-state index contributed by atoms with van der Waals surface area (Å²) in [7, 11) is 1.50. The summed E-state index contributed by atoms with van der Waals surface area (Å²) in [4.78, 5) is 2.58. The predicted molar refractivity (Wildman–Crippen MR) is 336 cm³/mol. The van der Waals surface area contributed by atoms with E-state index in [0.29, 0.717) is 5.92 Å². The molecule has 2 aromatic rings. The summed E-state index contributed by atoms with van der Waals surface area (Å²) < 4.78 is 0. The van der Waals surface area contributed by atoms with Gasteiger partial charge in [0.05, 0.1) is 0 Å². The van der Waals surface area contributed by atoms with E-state index in [9.17, 15) is 0 Å². The number of anilines is 1. The van der Waals surface area contributed by atoms with Crippen LogP contribution < -0.4 is 31.5 Å². The quantitative estimate of drug-likeness (QED) is 0.0658. The van der Waals surface area contributed by atoms with Crippen molar-refractivity contribution in [2.45, 2.75) is 252 Å². The van der Waals surface area contributed by atoms with Crippen molar-refractivity contribution in [3.63, 3.8) is 0 Å². The molecule has 0 saturated heterocycles. The van der Waals surface area contributed by atoms with Crippen LogP contribution in [0, 0.1) is 25.2 Å². The van der Waals surface area contributed by atoms with E-state index in [1.807, 2.05) is 48.5 Å². The highest BCUT2D eigenvalue weighted by Crippen LogP contribution is 2.46. The summed E-state index contributed by atoms with van der Waals surface area (Å²) in [6.07, 6.45) is 50.1. The van der Waals surface area contributed by atoms with Crippen molar-refractivity contribution < 1.29 is 0 Å². The van der Waals surface area contributed by atoms with Gasteiger partial charge >= 0.3 is 0 Å². The molecule has 1 unspecified atom stereocenters. The zero-order valence-corrected chi connectivity index (χ0v) is 51.3. The second kappa shape index (κ2) is 50.9. The molecule has 4 rings (SSSR count). The first-order valence-electron chi connectivity index (χ1n) is 28.9. The number of fused-ring (bicyclic) bond motifs is 2. The maximum Gasteiger partial charge on any atom is 0.0456 e. The van der Waals surface area contributed by atoms with E-state index in [0.717, 1.165) is 31.0 Å². The minimum atomic E-state index is -0.0757. The molecular formula is C69H120N2. The van der Waals surface area contributed by atoms with E-state index in [-0.39, 0.29) is 10.8 Å². The van der Waals surface area contributed by atoms with Crippen molar-refractivity contribution in [2.75, 3.05) is 18.5 Å². The molecule has 1 heterocycles. The third-order valence-corrected chi connectivity index (χ3v) is 12.2. The summed E-state index contributed by atoms with van der Waals surface area (Å²) in [6, 6.07) is 9.10. The normalized spacial score (nSPS) is 13.7. The molecule has 2 heteroatoms. The molecule has 71 heavy (non-hydrogen) atoms. The smallest absolute Gasteiger partial charge is 0.0456 e. The van der Waals surface area contributed by atoms with Gasteiger partial charge in [0.25, 0.3) is 0 Å². The molecule has 0 amide bonds. The second-order valence-electron chi connectivity index (χ2n) is 18.4. The predicted octanol–water partition coefficient (Wildman–Crippen LogP) is 18.8. The monoisotopic (exact) mass is 977 g/mol. The molecule has 0 spiro atoms. The van der Waals surface area contributed by atoms with Crippen molar-refractivity contribution in [2.24, 2.45) is 11.7 Å². The van der Waals surface area contributed by atoms with E-state index in [2.05, 4.69) is 204 Å². The number of unbranched alkanes of at least 4 members (excludes halogenated alkanes) is 10. The van der Waals surface area contributed by atoms with Gasteiger partial charge in [-0.05, 0) is 115 Å². The Balaban J connectivity index is -0.000000446. The highest BCUT2D eigenvalue weighted by atomic mass is 15.2. The molecule has 1 atom stereocenters. The van der Waals surface area contributed by atoms with Gasteiger partial charge in [-0.2, -0.15) is 0 Å². The van der Waals surface area contributed by atoms with Gasteiger partial charge in [-0.1, -0.05) is 280 Å². The molecule has 0 bridgehead atoms. The largest absolute Gasteiger partial charge is 0.344 e. The van der Waals surface area contributed by atoms with E-state index < -0.39 is 0 Å². The number of hydrogen-bond donors (Lipinski definition) is 1. The average Bonchev–Trinajstić information content (AvgIpc) is 3.60. The van der Waals surface area contributed by atoms with Crippen molar-refractivity contribution in [3.8, 4) is 12.3 Å². The fourth-order valence-corrected chi connectivity index (χ4v) is 8.48. The van der Waals surface area contributed by atoms with Crippen molar-refractivity contribution >= 4 is 30.5 Å². The van der Waals surface area contributed by atoms with E-state index in [1.54, 1.807) is 13.0 Å². The minimum absolute atomic E-state index is 0.0489. The van der Waals surface area contributed by atoms with Crippen LogP contribution in [0.5, 0.6) is 0 Å². The molecule has 0 radical (unpaired) electrons. The van der Waals surface area contributed by atoms with Gasteiger partial charge < -0.3 is 10.6 Å². The number of benzene rings is 2. The maximum atomic E-state index is 4.60. The van der Waals surface area contributed by atoms with E-state index >= 15 is 0 Å². The Morgan fingerprint density at radius 3 is 1.68 bits per heavy atom. The van der Waals surface area contributed by atoms with Crippen LogP contribution in [0.4, 0.5) is 5.69 Å². The van der Waals surface area contributed by atoms with Gasteiger partial charge in [0.15, 0.2) is 0 Å². The number of nitrogens with two attached hydrogens (primary N) is 1. The third kappa shape index (κ3) is 29.9. The maximum absolute atomic E-state index is 4.60. The fraction of sp³-hybridized carbons (Fsp3) is 0.594. The lowest BCUT2D eigenvalue weighted by molar-refractivity contribution is 0.404. The Kier molecular flexibility index (Phi) is 54.3. The first-order chi connectivity index (χ1) is 34.2. The van der Waals surface area contributed by atoms with Crippen LogP contribution in [-0.2, 0) is 10.8 Å². The molecule has 0 fully saturated rings. The highest BCUT2D eigenvalue weighted by molar-refractivity contribution is 5.72. The lowest BCUT2D eigenvalue weighted by Gasteiger charge is -2.33. The van der Waals surface area contributed by atoms with Gasteiger partial charge in [-0.3, -0.25) is 0 Å². The average molecular weight is 978 g/mol. The number of hydrogen-bond acceptors (Lipinski definition) is 2. The van der Waals surface area contributed by atoms with Crippen LogP contribution >= 0.6 is 0 Å². The first kappa shape index (κ1) is 75.9. The first-order valence-corrected chi connectivity index (χ1v) is 28.9. The summed E-state index contributed by atoms with van der Waals surface area (Å²) in [5.41, 5.74) is 11.5. The molecule has 0 saturated carbocycles. The molecule has 2 nitrogen and oxygen atoms in total. The van der Waals surface area contributed by atoms with Crippen molar-refractivity contribution in [1.82, 2.24) is 0 Å². The van der Waals surface area contributed by atoms with Crippen LogP contribution in [0.15, 0.2) is 85.1 Å². The summed E-state index contributed by atoms with van der Waals surface area (Å²) in [6.45, 7) is 52.0. The number of terminal acetylenes is 1. The molecule has 2 N–H and O–H groups in total. The van der Waals surface area contributed by atoms with Crippen LogP contribution in [0.3, 0.4) is 0 Å². The van der Waals surface area contributed by atoms with Crippen molar-refractivity contribution in [1.29, 1.82) is 0 Å². The Labute approximate surface area is 445 Å². The zero-order valence-electron chi connectivity index (χ0n) is 51.3. The summed E-state index contributed by atoms with van der Waals surface area (Å²) >= 11 is 0. The Bertz CT molecular complexity index is 1960. The van der Waals surface area contributed by atoms with E-state index in [4.69, 9.17) is 0 Å². The van der Waals surface area contributed by atoms with Crippen LogP contribution in [0.2, 0.25) is 0 Å². The number of allylic oxidation sites excluding steroid dienone is 9. The van der Waals surface area contributed by atoms with Gasteiger partial charge in [-0.15, -0.1) is 18.9 Å². The van der Waals surface area contributed by atoms with Gasteiger partial charge in [0.2, 0.25) is 0 Å². The molecule has 1 aliphatic carbocycles. The zero-order chi connectivity index (χ0) is 55.7. The summed E-state index contributed by atoms with van der Waals surface area (Å²) in [5.74, 6) is 2.66. The van der Waals surface area contributed by atoms with Crippen LogP contribution in [-0.4, -0.2) is 13.6 Å². The number of nitrogens with zero attached hydrogens (tertiary/aromatic N) is 1. The topological polar surface area (TPSA) is 29.3 Å². The molecule has 2 aromatic carbocycles. The summed E-state index contributed by atoms with van der Waals surface area (Å²) in [5, 5.41) is 5.31. The van der Waals surface area contributed by atoms with Crippen molar-refractivity contribution in [3.05, 3.63) is 123 Å². The van der Waals surface area contributed by atoms with Gasteiger partial charge in [0, 0.05) is 23.3 Å². The lowest BCUT2D eigenvalue weighted by atomic mass is 9.71. The lowest BCUT2D eigenvalue weighted by Crippen LogP contribution is -2.40. The highest BCUT2D eigenvalue weighted by Gasteiger charge is 2.40. The fourth-order valence-electron chi connectivity index (χ4n) is 8.48. The van der Waals surface area contributed by atoms with E-state index in [1.165, 1.54) is 134 Å². The Morgan fingerprint density at radius 1 is 0.732 bits per heavy atom. The van der Waals surface area contributed by atoms with Crippen LogP contribution in [0.25, 0.3) is 24.8 Å². The van der Waals surface area contributed by atoms with Crippen LogP contribution in [0.1, 0.15) is 251 Å². The Hall–Kier alpha value is -4.06. The molecule has 0 aromatic heterocycles. The SMILES string of the molecule is C#CC.C=CC.C=c1ccc2c(/c1=C/CC)C(C)(C)/C(=C/C=C/C=C/C=C/C(C)C(C)(C)c1c(C)ccc3c1=CCCC=3)N2CCCCCC.CC.CC.CC.CCCCCC.CCCCCCC.CN. The van der Waals surface area contributed by atoms with Gasteiger partial charge in [0.1, 0.15) is 0 Å². The molecular weight excluding hydrogens is 857 g/mol.